The summed E-state index contributed by atoms with van der Waals surface area (Å²) in [6, 6.07) is 0.651. The van der Waals surface area contributed by atoms with Gasteiger partial charge in [0, 0.05) is 13.1 Å². The van der Waals surface area contributed by atoms with Crippen LogP contribution in [0.4, 0.5) is 0 Å². The maximum atomic E-state index is 4.34. The zero-order valence-corrected chi connectivity index (χ0v) is 13.0. The Labute approximate surface area is 123 Å². The third-order valence-electron chi connectivity index (χ3n) is 4.30. The van der Waals surface area contributed by atoms with Crippen molar-refractivity contribution < 1.29 is 0 Å². The molecular formula is C16H30N4. The number of aromatic nitrogens is 3. The van der Waals surface area contributed by atoms with Crippen LogP contribution in [0.5, 0.6) is 0 Å². The Morgan fingerprint density at radius 1 is 1.00 bits per heavy atom. The molecule has 114 valence electrons. The molecule has 0 aliphatic heterocycles. The standard InChI is InChI=1S/C16H30N4/c1-20-14-18-16(19-20)13-17-15-11-9-7-5-3-2-4-6-8-10-12-15/h14-15,17H,2-13H2,1H3. The van der Waals surface area contributed by atoms with E-state index in [0.29, 0.717) is 6.04 Å². The fourth-order valence-corrected chi connectivity index (χ4v) is 3.07. The van der Waals surface area contributed by atoms with E-state index in [1.807, 2.05) is 7.05 Å². The van der Waals surface area contributed by atoms with Gasteiger partial charge in [-0.1, -0.05) is 57.8 Å². The van der Waals surface area contributed by atoms with Gasteiger partial charge in [-0.25, -0.2) is 4.98 Å². The van der Waals surface area contributed by atoms with Crippen LogP contribution in [-0.4, -0.2) is 20.8 Å². The van der Waals surface area contributed by atoms with Crippen LogP contribution in [0.1, 0.15) is 76.5 Å². The van der Waals surface area contributed by atoms with Crippen molar-refractivity contribution in [2.24, 2.45) is 7.05 Å². The summed E-state index contributed by atoms with van der Waals surface area (Å²) in [5.74, 6) is 0.915. The van der Waals surface area contributed by atoms with Crippen LogP contribution in [0.25, 0.3) is 0 Å². The van der Waals surface area contributed by atoms with E-state index in [4.69, 9.17) is 0 Å². The minimum absolute atomic E-state index is 0.651. The minimum atomic E-state index is 0.651. The number of rotatable bonds is 3. The normalized spacial score (nSPS) is 20.2. The Balaban J connectivity index is 1.73. The van der Waals surface area contributed by atoms with Gasteiger partial charge in [-0.15, -0.1) is 0 Å². The highest BCUT2D eigenvalue weighted by molar-refractivity contribution is 4.82. The van der Waals surface area contributed by atoms with Crippen LogP contribution >= 0.6 is 0 Å². The highest BCUT2D eigenvalue weighted by Crippen LogP contribution is 2.17. The number of nitrogens with one attached hydrogen (secondary N) is 1. The highest BCUT2D eigenvalue weighted by Gasteiger charge is 2.10. The second-order valence-corrected chi connectivity index (χ2v) is 6.17. The second-order valence-electron chi connectivity index (χ2n) is 6.17. The second kappa shape index (κ2) is 9.11. The first-order chi connectivity index (χ1) is 9.84. The van der Waals surface area contributed by atoms with Gasteiger partial charge in [0.15, 0.2) is 5.82 Å². The summed E-state index contributed by atoms with van der Waals surface area (Å²) < 4.78 is 1.78. The smallest absolute Gasteiger partial charge is 0.164 e. The van der Waals surface area contributed by atoms with Gasteiger partial charge < -0.3 is 5.32 Å². The Hall–Kier alpha value is -0.900. The van der Waals surface area contributed by atoms with Crippen molar-refractivity contribution in [2.75, 3.05) is 0 Å². The van der Waals surface area contributed by atoms with Gasteiger partial charge in [0.2, 0.25) is 0 Å². The first kappa shape index (κ1) is 15.5. The molecule has 20 heavy (non-hydrogen) atoms. The van der Waals surface area contributed by atoms with Gasteiger partial charge in [0.05, 0.1) is 6.54 Å². The Morgan fingerprint density at radius 3 is 2.05 bits per heavy atom. The molecule has 1 aliphatic carbocycles. The number of nitrogens with zero attached hydrogens (tertiary/aromatic N) is 3. The Bertz CT molecular complexity index is 349. The van der Waals surface area contributed by atoms with Crippen molar-refractivity contribution in [3.8, 4) is 0 Å². The lowest BCUT2D eigenvalue weighted by molar-refractivity contribution is 0.399. The average Bonchev–Trinajstić information content (AvgIpc) is 2.84. The molecule has 0 atom stereocenters. The third-order valence-corrected chi connectivity index (χ3v) is 4.30. The summed E-state index contributed by atoms with van der Waals surface area (Å²) in [4.78, 5) is 4.29. The fraction of sp³-hybridized carbons (Fsp3) is 0.875. The molecule has 1 fully saturated rings. The molecule has 4 nitrogen and oxygen atoms in total. The van der Waals surface area contributed by atoms with E-state index in [1.165, 1.54) is 70.6 Å². The van der Waals surface area contributed by atoms with Crippen molar-refractivity contribution in [2.45, 2.75) is 83.2 Å². The molecule has 1 aliphatic rings. The summed E-state index contributed by atoms with van der Waals surface area (Å²) >= 11 is 0. The van der Waals surface area contributed by atoms with Gasteiger partial charge >= 0.3 is 0 Å². The fourth-order valence-electron chi connectivity index (χ4n) is 3.07. The van der Waals surface area contributed by atoms with Crippen molar-refractivity contribution in [1.29, 1.82) is 0 Å². The van der Waals surface area contributed by atoms with Crippen molar-refractivity contribution in [1.82, 2.24) is 20.1 Å². The van der Waals surface area contributed by atoms with E-state index in [1.54, 1.807) is 11.0 Å². The minimum Gasteiger partial charge on any atom is -0.307 e. The zero-order valence-electron chi connectivity index (χ0n) is 13.0. The van der Waals surface area contributed by atoms with Crippen LogP contribution in [0.2, 0.25) is 0 Å². The number of hydrogen-bond acceptors (Lipinski definition) is 3. The van der Waals surface area contributed by atoms with Crippen molar-refractivity contribution in [3.05, 3.63) is 12.2 Å². The lowest BCUT2D eigenvalue weighted by Gasteiger charge is -2.18. The van der Waals surface area contributed by atoms with E-state index in [0.717, 1.165) is 12.4 Å². The SMILES string of the molecule is Cn1cnc(CNC2CCCCCCCCCCC2)n1. The summed E-state index contributed by atoms with van der Waals surface area (Å²) in [5.41, 5.74) is 0. The van der Waals surface area contributed by atoms with Crippen LogP contribution < -0.4 is 5.32 Å². The first-order valence-corrected chi connectivity index (χ1v) is 8.42. The van der Waals surface area contributed by atoms with E-state index >= 15 is 0 Å². The molecule has 0 spiro atoms. The summed E-state index contributed by atoms with van der Waals surface area (Å²) in [7, 11) is 1.92. The van der Waals surface area contributed by atoms with E-state index in [2.05, 4.69) is 15.4 Å². The van der Waals surface area contributed by atoms with Crippen molar-refractivity contribution in [3.63, 3.8) is 0 Å². The van der Waals surface area contributed by atoms with Gasteiger partial charge in [0.1, 0.15) is 6.33 Å². The highest BCUT2D eigenvalue weighted by atomic mass is 15.3. The molecule has 1 aromatic rings. The molecule has 0 saturated heterocycles. The molecule has 0 radical (unpaired) electrons. The molecule has 1 N–H and O–H groups in total. The topological polar surface area (TPSA) is 42.7 Å². The van der Waals surface area contributed by atoms with E-state index in [9.17, 15) is 0 Å². The molecule has 0 unspecified atom stereocenters. The lowest BCUT2D eigenvalue weighted by atomic mass is 9.98. The third kappa shape index (κ3) is 6.04. The number of hydrogen-bond donors (Lipinski definition) is 1. The average molecular weight is 278 g/mol. The zero-order chi connectivity index (χ0) is 14.0. The Kier molecular flexibility index (Phi) is 7.06. The maximum Gasteiger partial charge on any atom is 0.164 e. The lowest BCUT2D eigenvalue weighted by Crippen LogP contribution is -2.29. The van der Waals surface area contributed by atoms with Crippen LogP contribution in [0.15, 0.2) is 6.33 Å². The predicted molar refractivity (Wildman–Crippen MR) is 82.4 cm³/mol. The molecule has 4 heteroatoms. The maximum absolute atomic E-state index is 4.34. The Morgan fingerprint density at radius 2 is 1.55 bits per heavy atom. The first-order valence-electron chi connectivity index (χ1n) is 8.42. The molecule has 1 saturated carbocycles. The molecule has 1 heterocycles. The molecule has 0 bridgehead atoms. The number of aryl methyl sites for hydroxylation is 1. The summed E-state index contributed by atoms with van der Waals surface area (Å²) in [6.07, 6.45) is 17.1. The molecule has 0 aromatic carbocycles. The van der Waals surface area contributed by atoms with Gasteiger partial charge in [-0.2, -0.15) is 5.10 Å². The monoisotopic (exact) mass is 278 g/mol. The summed E-state index contributed by atoms with van der Waals surface area (Å²) in [6.45, 7) is 0.811. The van der Waals surface area contributed by atoms with Crippen LogP contribution in [0, 0.1) is 0 Å². The van der Waals surface area contributed by atoms with Gasteiger partial charge in [-0.05, 0) is 12.8 Å². The van der Waals surface area contributed by atoms with Crippen molar-refractivity contribution >= 4 is 0 Å². The predicted octanol–water partition coefficient (Wildman–Crippen LogP) is 3.58. The summed E-state index contributed by atoms with van der Waals surface area (Å²) in [5, 5.41) is 8.01. The molecule has 0 amide bonds. The van der Waals surface area contributed by atoms with Crippen LogP contribution in [-0.2, 0) is 13.6 Å². The quantitative estimate of drug-likeness (QED) is 0.919. The van der Waals surface area contributed by atoms with Gasteiger partial charge in [0.25, 0.3) is 0 Å². The molecule has 2 rings (SSSR count). The molecule has 1 aromatic heterocycles. The van der Waals surface area contributed by atoms with E-state index < -0.39 is 0 Å². The molecular weight excluding hydrogens is 248 g/mol. The van der Waals surface area contributed by atoms with Gasteiger partial charge in [-0.3, -0.25) is 4.68 Å². The largest absolute Gasteiger partial charge is 0.307 e. The van der Waals surface area contributed by atoms with E-state index in [-0.39, 0.29) is 0 Å². The van der Waals surface area contributed by atoms with Crippen LogP contribution in [0.3, 0.4) is 0 Å².